The van der Waals surface area contributed by atoms with Crippen molar-refractivity contribution in [2.45, 2.75) is 78.2 Å². The molecule has 0 saturated heterocycles. The Morgan fingerprint density at radius 2 is 1.82 bits per heavy atom. The van der Waals surface area contributed by atoms with Crippen LogP contribution < -0.4 is 0 Å². The number of hydrogen-bond donors (Lipinski definition) is 1. The quantitative estimate of drug-likeness (QED) is 0.655. The van der Waals surface area contributed by atoms with Crippen LogP contribution in [0.2, 0.25) is 0 Å². The Morgan fingerprint density at radius 3 is 2.59 bits per heavy atom. The summed E-state index contributed by atoms with van der Waals surface area (Å²) >= 11 is 0. The first-order chi connectivity index (χ1) is 10.5. The lowest BCUT2D eigenvalue weighted by molar-refractivity contribution is -0.0299. The van der Waals surface area contributed by atoms with E-state index in [2.05, 4.69) is 32.9 Å². The predicted octanol–water partition coefficient (Wildman–Crippen LogP) is 5.26. The van der Waals surface area contributed by atoms with E-state index in [-0.39, 0.29) is 6.10 Å². The molecule has 1 heteroatoms. The van der Waals surface area contributed by atoms with Crippen LogP contribution in [-0.4, -0.2) is 11.2 Å². The number of fused-ring (bicyclic) bond motifs is 5. The van der Waals surface area contributed by atoms with Gasteiger partial charge in [0.05, 0.1) is 6.10 Å². The Labute approximate surface area is 135 Å². The number of hydrogen-bond acceptors (Lipinski definition) is 1. The molecule has 0 radical (unpaired) electrons. The third kappa shape index (κ3) is 1.87. The SMILES string of the molecule is CCC1=CC[C@H]2[C@@H]3CC=C4CC(O)CC[C@]4(C)[C@@H]3CC[C@]12C. The second-order valence-electron chi connectivity index (χ2n) is 8.93. The van der Waals surface area contributed by atoms with Crippen molar-refractivity contribution in [3.63, 3.8) is 0 Å². The molecule has 2 saturated carbocycles. The zero-order valence-electron chi connectivity index (χ0n) is 14.6. The lowest BCUT2D eigenvalue weighted by Gasteiger charge is -2.57. The molecule has 0 aromatic rings. The molecule has 0 aromatic carbocycles. The van der Waals surface area contributed by atoms with E-state index in [1.807, 2.05) is 0 Å². The Balaban J connectivity index is 1.66. The van der Waals surface area contributed by atoms with Gasteiger partial charge in [-0.3, -0.25) is 0 Å². The topological polar surface area (TPSA) is 20.2 Å². The molecule has 22 heavy (non-hydrogen) atoms. The first-order valence-electron chi connectivity index (χ1n) is 9.56. The molecule has 6 atom stereocenters. The molecule has 0 amide bonds. The Morgan fingerprint density at radius 1 is 1.05 bits per heavy atom. The fourth-order valence-corrected chi connectivity index (χ4v) is 6.85. The minimum Gasteiger partial charge on any atom is -0.393 e. The van der Waals surface area contributed by atoms with E-state index in [4.69, 9.17) is 0 Å². The van der Waals surface area contributed by atoms with Crippen molar-refractivity contribution < 1.29 is 5.11 Å². The highest BCUT2D eigenvalue weighted by molar-refractivity contribution is 5.29. The Bertz CT molecular complexity index is 530. The molecule has 0 aromatic heterocycles. The van der Waals surface area contributed by atoms with Gasteiger partial charge in [-0.05, 0) is 80.0 Å². The molecule has 122 valence electrons. The van der Waals surface area contributed by atoms with E-state index in [0.29, 0.717) is 10.8 Å². The summed E-state index contributed by atoms with van der Waals surface area (Å²) in [6, 6.07) is 0. The Hall–Kier alpha value is -0.560. The van der Waals surface area contributed by atoms with E-state index < -0.39 is 0 Å². The molecule has 4 rings (SSSR count). The number of aliphatic hydroxyl groups excluding tert-OH is 1. The van der Waals surface area contributed by atoms with Crippen LogP contribution in [0.4, 0.5) is 0 Å². The molecular weight excluding hydrogens is 268 g/mol. The van der Waals surface area contributed by atoms with Crippen LogP contribution in [-0.2, 0) is 0 Å². The molecule has 4 aliphatic rings. The van der Waals surface area contributed by atoms with Gasteiger partial charge in [0, 0.05) is 0 Å². The van der Waals surface area contributed by atoms with Crippen LogP contribution in [0, 0.1) is 28.6 Å². The molecule has 0 aliphatic heterocycles. The second-order valence-corrected chi connectivity index (χ2v) is 8.93. The molecule has 0 heterocycles. The number of allylic oxidation sites excluding steroid dienone is 3. The van der Waals surface area contributed by atoms with Crippen molar-refractivity contribution in [1.29, 1.82) is 0 Å². The summed E-state index contributed by atoms with van der Waals surface area (Å²) in [5.74, 6) is 2.62. The van der Waals surface area contributed by atoms with Gasteiger partial charge in [-0.1, -0.05) is 44.1 Å². The average Bonchev–Trinajstić information content (AvgIpc) is 2.84. The molecule has 1 unspecified atom stereocenters. The zero-order chi connectivity index (χ0) is 15.5. The van der Waals surface area contributed by atoms with Gasteiger partial charge in [-0.25, -0.2) is 0 Å². The van der Waals surface area contributed by atoms with Crippen molar-refractivity contribution in [2.24, 2.45) is 28.6 Å². The minimum atomic E-state index is -0.0791. The standard InChI is InChI=1S/C21H32O/c1-4-14-6-8-18-17-7-5-15-13-16(22)9-11-21(15,3)19(17)10-12-20(14,18)2/h5-6,16-19,22H,4,7-13H2,1-3H3/t16?,17-,18-,19+,20+,21-/m0/s1. The van der Waals surface area contributed by atoms with Gasteiger partial charge >= 0.3 is 0 Å². The number of rotatable bonds is 1. The molecule has 2 fully saturated rings. The summed E-state index contributed by atoms with van der Waals surface area (Å²) in [5, 5.41) is 10.1. The van der Waals surface area contributed by atoms with E-state index in [1.165, 1.54) is 38.5 Å². The fraction of sp³-hybridized carbons (Fsp3) is 0.810. The largest absolute Gasteiger partial charge is 0.393 e. The van der Waals surface area contributed by atoms with Crippen LogP contribution in [0.25, 0.3) is 0 Å². The Kier molecular flexibility index (Phi) is 3.39. The zero-order valence-corrected chi connectivity index (χ0v) is 14.6. The highest BCUT2D eigenvalue weighted by atomic mass is 16.3. The minimum absolute atomic E-state index is 0.0791. The van der Waals surface area contributed by atoms with Gasteiger partial charge in [-0.15, -0.1) is 0 Å². The van der Waals surface area contributed by atoms with Crippen molar-refractivity contribution in [3.05, 3.63) is 23.3 Å². The van der Waals surface area contributed by atoms with Crippen LogP contribution in [0.3, 0.4) is 0 Å². The smallest absolute Gasteiger partial charge is 0.0577 e. The molecule has 4 aliphatic carbocycles. The molecule has 0 bridgehead atoms. The monoisotopic (exact) mass is 300 g/mol. The molecule has 1 nitrogen and oxygen atoms in total. The molecular formula is C21H32O. The highest BCUT2D eigenvalue weighted by Gasteiger charge is 2.56. The van der Waals surface area contributed by atoms with E-state index in [9.17, 15) is 5.11 Å². The van der Waals surface area contributed by atoms with Crippen molar-refractivity contribution in [2.75, 3.05) is 0 Å². The second kappa shape index (κ2) is 4.97. The van der Waals surface area contributed by atoms with Crippen LogP contribution in [0.5, 0.6) is 0 Å². The van der Waals surface area contributed by atoms with E-state index in [0.717, 1.165) is 30.6 Å². The van der Waals surface area contributed by atoms with Crippen LogP contribution in [0.15, 0.2) is 23.3 Å². The van der Waals surface area contributed by atoms with Crippen LogP contribution in [0.1, 0.15) is 72.1 Å². The summed E-state index contributed by atoms with van der Waals surface area (Å²) in [6.07, 6.45) is 14.8. The predicted molar refractivity (Wildman–Crippen MR) is 91.5 cm³/mol. The maximum absolute atomic E-state index is 10.1. The van der Waals surface area contributed by atoms with Crippen molar-refractivity contribution in [1.82, 2.24) is 0 Å². The molecule has 1 N–H and O–H groups in total. The maximum atomic E-state index is 10.1. The van der Waals surface area contributed by atoms with Gasteiger partial charge in [0.15, 0.2) is 0 Å². The van der Waals surface area contributed by atoms with Crippen molar-refractivity contribution in [3.8, 4) is 0 Å². The summed E-state index contributed by atoms with van der Waals surface area (Å²) in [6.45, 7) is 7.42. The summed E-state index contributed by atoms with van der Waals surface area (Å²) < 4.78 is 0. The number of aliphatic hydroxyl groups is 1. The lowest BCUT2D eigenvalue weighted by Crippen LogP contribution is -2.49. The summed E-state index contributed by atoms with van der Waals surface area (Å²) in [7, 11) is 0. The first kappa shape index (κ1) is 15.0. The highest BCUT2D eigenvalue weighted by Crippen LogP contribution is 2.65. The summed E-state index contributed by atoms with van der Waals surface area (Å²) in [5.41, 5.74) is 4.22. The first-order valence-corrected chi connectivity index (χ1v) is 9.56. The maximum Gasteiger partial charge on any atom is 0.0577 e. The summed E-state index contributed by atoms with van der Waals surface area (Å²) in [4.78, 5) is 0. The van der Waals surface area contributed by atoms with Gasteiger partial charge in [-0.2, -0.15) is 0 Å². The average molecular weight is 300 g/mol. The van der Waals surface area contributed by atoms with E-state index >= 15 is 0 Å². The third-order valence-corrected chi connectivity index (χ3v) is 8.20. The van der Waals surface area contributed by atoms with Gasteiger partial charge in [0.25, 0.3) is 0 Å². The van der Waals surface area contributed by atoms with Crippen LogP contribution >= 0.6 is 0 Å². The third-order valence-electron chi connectivity index (χ3n) is 8.20. The fourth-order valence-electron chi connectivity index (χ4n) is 6.85. The lowest BCUT2D eigenvalue weighted by atomic mass is 9.47. The normalized spacial score (nSPS) is 50.5. The van der Waals surface area contributed by atoms with Gasteiger partial charge < -0.3 is 5.11 Å². The van der Waals surface area contributed by atoms with Gasteiger partial charge in [0.1, 0.15) is 0 Å². The van der Waals surface area contributed by atoms with Crippen molar-refractivity contribution >= 4 is 0 Å². The molecule has 0 spiro atoms. The van der Waals surface area contributed by atoms with E-state index in [1.54, 1.807) is 11.1 Å². The van der Waals surface area contributed by atoms with Gasteiger partial charge in [0.2, 0.25) is 0 Å².